The average Bonchev–Trinajstić information content (AvgIpc) is 3.01. The minimum Gasteiger partial charge on any atom is -0.456 e. The zero-order chi connectivity index (χ0) is 30.4. The number of hydrogen-bond donors (Lipinski definition) is 3. The maximum Gasteiger partial charge on any atom is 0.303 e. The highest BCUT2D eigenvalue weighted by Gasteiger charge is 2.74. The summed E-state index contributed by atoms with van der Waals surface area (Å²) in [6.07, 6.45) is 3.50. The second kappa shape index (κ2) is 9.17. The molecule has 8 nitrogen and oxygen atoms in total. The lowest BCUT2D eigenvalue weighted by atomic mass is 9.38. The Morgan fingerprint density at radius 3 is 2.23 bits per heavy atom. The van der Waals surface area contributed by atoms with Gasteiger partial charge < -0.3 is 20.1 Å². The van der Waals surface area contributed by atoms with Crippen LogP contribution < -0.4 is 0 Å². The van der Waals surface area contributed by atoms with Crippen LogP contribution in [-0.2, 0) is 23.9 Å². The van der Waals surface area contributed by atoms with Crippen LogP contribution in [0.5, 0.6) is 0 Å². The van der Waals surface area contributed by atoms with E-state index in [1.807, 2.05) is 27.7 Å². The Morgan fingerprint density at radius 2 is 1.65 bits per heavy atom. The Kier molecular flexibility index (Phi) is 7.06. The fourth-order valence-corrected chi connectivity index (χ4v) is 9.35. The van der Waals surface area contributed by atoms with Crippen LogP contribution in [0.25, 0.3) is 0 Å². The largest absolute Gasteiger partial charge is 0.456 e. The number of allylic oxidation sites excluding steroid dienone is 1. The Balaban J connectivity index is 1.75. The molecule has 3 N–H and O–H groups in total. The lowest BCUT2D eigenvalue weighted by molar-refractivity contribution is -0.183. The number of fused-ring (bicyclic) bond motifs is 5. The first-order valence-electron chi connectivity index (χ1n) is 14.4. The summed E-state index contributed by atoms with van der Waals surface area (Å²) in [5, 5.41) is 33.9. The number of aliphatic hydroxyl groups excluding tert-OH is 2. The summed E-state index contributed by atoms with van der Waals surface area (Å²) in [5.41, 5.74) is -5.33. The average molecular weight is 559 g/mol. The third kappa shape index (κ3) is 4.11. The molecule has 8 heteroatoms. The zero-order valence-corrected chi connectivity index (χ0v) is 25.3. The van der Waals surface area contributed by atoms with Crippen LogP contribution in [0.1, 0.15) is 88.0 Å². The predicted octanol–water partition coefficient (Wildman–Crippen LogP) is 3.50. The predicted molar refractivity (Wildman–Crippen MR) is 148 cm³/mol. The van der Waals surface area contributed by atoms with Crippen molar-refractivity contribution >= 4 is 23.3 Å². The normalized spacial score (nSPS) is 42.4. The molecule has 0 heterocycles. The SMILES string of the molecule is CC(=O)OC(C)(C)/C=C/C(=O)[C@](C)(O)[C@H]1[C@H](O)C[C@@]2(C)[C@@H]3CC=C4[C@@H](CC(=O)[C@H](O)C4(C)C)[C@]3(C)C(=O)C[C@]12C. The van der Waals surface area contributed by atoms with Gasteiger partial charge in [0.05, 0.1) is 6.10 Å². The molecule has 0 radical (unpaired) electrons. The Hall–Kier alpha value is -2.16. The van der Waals surface area contributed by atoms with Crippen molar-refractivity contribution in [2.24, 2.45) is 39.4 Å². The monoisotopic (exact) mass is 558 g/mol. The summed E-state index contributed by atoms with van der Waals surface area (Å²) in [6.45, 7) is 15.5. The Morgan fingerprint density at radius 1 is 1.05 bits per heavy atom. The number of hydrogen-bond acceptors (Lipinski definition) is 8. The molecule has 4 aliphatic rings. The van der Waals surface area contributed by atoms with Gasteiger partial charge in [-0.05, 0) is 68.4 Å². The molecule has 0 spiro atoms. The summed E-state index contributed by atoms with van der Waals surface area (Å²) in [6, 6.07) is 0. The maximum absolute atomic E-state index is 14.3. The van der Waals surface area contributed by atoms with Gasteiger partial charge in [0.1, 0.15) is 23.1 Å². The van der Waals surface area contributed by atoms with Gasteiger partial charge in [0.15, 0.2) is 11.6 Å². The second-order valence-corrected chi connectivity index (χ2v) is 14.8. The van der Waals surface area contributed by atoms with E-state index in [4.69, 9.17) is 4.74 Å². The Bertz CT molecular complexity index is 1210. The van der Waals surface area contributed by atoms with Gasteiger partial charge in [-0.15, -0.1) is 0 Å². The van der Waals surface area contributed by atoms with E-state index < -0.39 is 62.7 Å². The molecule has 0 unspecified atom stereocenters. The summed E-state index contributed by atoms with van der Waals surface area (Å²) in [5.74, 6) is -2.96. The van der Waals surface area contributed by atoms with Crippen LogP contribution >= 0.6 is 0 Å². The van der Waals surface area contributed by atoms with E-state index >= 15 is 0 Å². The first kappa shape index (κ1) is 30.8. The fraction of sp³-hybridized carbons (Fsp3) is 0.750. The molecule has 40 heavy (non-hydrogen) atoms. The standard InChI is InChI=1S/C32H46O8/c1-17(33)40-27(2,3)13-12-23(36)32(9,39)25-21(35)15-29(6)22-11-10-18-19(14-20(34)26(38)28(18,4)5)31(22,8)24(37)16-30(25,29)7/h10,12-13,19,21-22,25-26,35,38-39H,11,14-16H2,1-9H3/b13-12+/t19-,21-,22+,25+,26+,29+,30-,31+,32+/m1/s1. The molecule has 0 aliphatic heterocycles. The van der Waals surface area contributed by atoms with Crippen molar-refractivity contribution in [1.29, 1.82) is 0 Å². The van der Waals surface area contributed by atoms with Crippen LogP contribution in [0.15, 0.2) is 23.8 Å². The molecule has 3 fully saturated rings. The third-order valence-corrected chi connectivity index (χ3v) is 11.6. The minimum absolute atomic E-state index is 0.0399. The number of aliphatic hydroxyl groups is 3. The minimum atomic E-state index is -1.99. The van der Waals surface area contributed by atoms with Crippen LogP contribution in [0.4, 0.5) is 0 Å². The van der Waals surface area contributed by atoms with Crippen LogP contribution in [0.2, 0.25) is 0 Å². The molecular weight excluding hydrogens is 512 g/mol. The Labute approximate surface area is 237 Å². The molecule has 0 aromatic rings. The van der Waals surface area contributed by atoms with Crippen molar-refractivity contribution in [3.63, 3.8) is 0 Å². The van der Waals surface area contributed by atoms with Gasteiger partial charge in [-0.1, -0.05) is 46.3 Å². The number of carbonyl (C=O) groups excluding carboxylic acids is 4. The van der Waals surface area contributed by atoms with Crippen molar-refractivity contribution in [3.05, 3.63) is 23.8 Å². The number of rotatable bonds is 5. The van der Waals surface area contributed by atoms with Crippen LogP contribution in [-0.4, -0.2) is 62.0 Å². The molecule has 9 atom stereocenters. The number of ether oxygens (including phenoxy) is 1. The van der Waals surface area contributed by atoms with E-state index in [9.17, 15) is 34.5 Å². The topological polar surface area (TPSA) is 138 Å². The highest BCUT2D eigenvalue weighted by atomic mass is 16.6. The van der Waals surface area contributed by atoms with Crippen molar-refractivity contribution in [2.75, 3.05) is 0 Å². The second-order valence-electron chi connectivity index (χ2n) is 14.8. The van der Waals surface area contributed by atoms with Gasteiger partial charge in [-0.2, -0.15) is 0 Å². The van der Waals surface area contributed by atoms with E-state index in [0.29, 0.717) is 12.8 Å². The molecule has 4 aliphatic carbocycles. The van der Waals surface area contributed by atoms with E-state index in [1.54, 1.807) is 13.8 Å². The van der Waals surface area contributed by atoms with Crippen molar-refractivity contribution < 1.29 is 39.2 Å². The molecule has 0 bridgehead atoms. The highest BCUT2D eigenvalue weighted by Crippen LogP contribution is 2.74. The van der Waals surface area contributed by atoms with Crippen LogP contribution in [0.3, 0.4) is 0 Å². The van der Waals surface area contributed by atoms with Crippen molar-refractivity contribution in [1.82, 2.24) is 0 Å². The number of esters is 1. The first-order valence-corrected chi connectivity index (χ1v) is 14.4. The quantitative estimate of drug-likeness (QED) is 0.265. The van der Waals surface area contributed by atoms with E-state index in [-0.39, 0.29) is 36.2 Å². The summed E-state index contributed by atoms with van der Waals surface area (Å²) < 4.78 is 5.23. The lowest BCUT2D eigenvalue weighted by Gasteiger charge is -2.64. The van der Waals surface area contributed by atoms with Gasteiger partial charge in [0.25, 0.3) is 0 Å². The summed E-state index contributed by atoms with van der Waals surface area (Å²) in [7, 11) is 0. The molecule has 0 aromatic carbocycles. The van der Waals surface area contributed by atoms with Gasteiger partial charge in [-0.3, -0.25) is 19.2 Å². The number of carbonyl (C=O) groups is 4. The molecule has 0 amide bonds. The number of ketones is 3. The molecule has 4 rings (SSSR count). The lowest BCUT2D eigenvalue weighted by Crippen LogP contribution is -2.65. The van der Waals surface area contributed by atoms with E-state index in [0.717, 1.165) is 5.57 Å². The van der Waals surface area contributed by atoms with Gasteiger partial charge >= 0.3 is 5.97 Å². The van der Waals surface area contributed by atoms with Gasteiger partial charge in [0, 0.05) is 36.5 Å². The van der Waals surface area contributed by atoms with Gasteiger partial charge in [-0.25, -0.2) is 0 Å². The summed E-state index contributed by atoms with van der Waals surface area (Å²) >= 11 is 0. The fourth-order valence-electron chi connectivity index (χ4n) is 9.35. The van der Waals surface area contributed by atoms with E-state index in [1.165, 1.54) is 26.0 Å². The third-order valence-electron chi connectivity index (χ3n) is 11.6. The zero-order valence-electron chi connectivity index (χ0n) is 25.3. The van der Waals surface area contributed by atoms with Crippen molar-refractivity contribution in [3.8, 4) is 0 Å². The van der Waals surface area contributed by atoms with Crippen LogP contribution in [0, 0.1) is 39.4 Å². The van der Waals surface area contributed by atoms with Crippen molar-refractivity contribution in [2.45, 2.75) is 111 Å². The molecule has 222 valence electrons. The molecule has 0 aromatic heterocycles. The number of Topliss-reactive ketones (excluding diaryl/α,β-unsaturated/α-hetero) is 2. The summed E-state index contributed by atoms with van der Waals surface area (Å²) in [4.78, 5) is 52.1. The van der Waals surface area contributed by atoms with Gasteiger partial charge in [0.2, 0.25) is 0 Å². The molecular formula is C32H46O8. The maximum atomic E-state index is 14.3. The highest BCUT2D eigenvalue weighted by molar-refractivity contribution is 5.97. The molecule has 3 saturated carbocycles. The smallest absolute Gasteiger partial charge is 0.303 e. The van der Waals surface area contributed by atoms with E-state index in [2.05, 4.69) is 13.0 Å². The molecule has 0 saturated heterocycles. The first-order chi connectivity index (χ1) is 18.1.